The largest absolute Gasteiger partial charge is 0.497 e. The third-order valence-electron chi connectivity index (χ3n) is 6.83. The minimum absolute atomic E-state index is 0.0394. The molecule has 4 rings (SSSR count). The van der Waals surface area contributed by atoms with E-state index in [1.165, 1.54) is 41.3 Å². The number of nitrogens with zero attached hydrogens (tertiary/aromatic N) is 1. The van der Waals surface area contributed by atoms with Crippen molar-refractivity contribution in [1.82, 2.24) is 10.2 Å². The lowest BCUT2D eigenvalue weighted by Crippen LogP contribution is -2.49. The highest BCUT2D eigenvalue weighted by Crippen LogP contribution is 2.20. The maximum absolute atomic E-state index is 13.4. The van der Waals surface area contributed by atoms with E-state index in [1.807, 2.05) is 42.5 Å². The Balaban J connectivity index is 1.40. The number of ether oxygens (including phenoxy) is 2. The molecule has 0 aromatic heterocycles. The Hall–Kier alpha value is -4.90. The van der Waals surface area contributed by atoms with Gasteiger partial charge in [0.1, 0.15) is 23.4 Å². The molecule has 9 nitrogen and oxygen atoms in total. The van der Waals surface area contributed by atoms with Crippen molar-refractivity contribution in [2.24, 2.45) is 0 Å². The highest BCUT2D eigenvalue weighted by molar-refractivity contribution is 7.92. The van der Waals surface area contributed by atoms with Gasteiger partial charge in [0.05, 0.1) is 12.0 Å². The van der Waals surface area contributed by atoms with Crippen molar-refractivity contribution >= 4 is 27.5 Å². The number of amides is 2. The number of benzene rings is 4. The number of nitrogens with one attached hydrogen (secondary N) is 2. The van der Waals surface area contributed by atoms with Crippen molar-refractivity contribution in [3.8, 4) is 11.5 Å². The molecule has 0 saturated carbocycles. The number of rotatable bonds is 14. The molecule has 0 fully saturated rings. The molecule has 0 aliphatic rings. The van der Waals surface area contributed by atoms with Crippen molar-refractivity contribution in [2.45, 2.75) is 30.8 Å². The van der Waals surface area contributed by atoms with Gasteiger partial charge in [0, 0.05) is 18.8 Å². The van der Waals surface area contributed by atoms with Crippen LogP contribution in [0, 0.1) is 5.82 Å². The SMILES string of the molecule is COc1ccc(CN(C(=O)COc2ccc(S(=O)(=O)Nc3ccc(F)cc3)cc2)[C@H](C)C(=O)NCCc2ccccc2)cc1. The summed E-state index contributed by atoms with van der Waals surface area (Å²) in [6.07, 6.45) is 0.653. The molecule has 0 spiro atoms. The molecule has 2 amide bonds. The standard InChI is InChI=1S/C33H34FN3O6S/c1-24(33(39)35-21-20-25-6-4-3-5-7-25)37(22-26-8-14-29(42-2)15-9-26)32(38)23-43-30-16-18-31(19-17-30)44(40,41)36-28-12-10-27(34)11-13-28/h3-19,24,36H,20-23H2,1-2H3,(H,35,39)/t24-/m1/s1. The monoisotopic (exact) mass is 619 g/mol. The second-order valence-electron chi connectivity index (χ2n) is 9.94. The van der Waals surface area contributed by atoms with E-state index in [1.54, 1.807) is 26.2 Å². The summed E-state index contributed by atoms with van der Waals surface area (Å²) >= 11 is 0. The van der Waals surface area contributed by atoms with Crippen LogP contribution in [0.2, 0.25) is 0 Å². The smallest absolute Gasteiger partial charge is 0.261 e. The van der Waals surface area contributed by atoms with Gasteiger partial charge in [-0.1, -0.05) is 42.5 Å². The van der Waals surface area contributed by atoms with Crippen molar-refractivity contribution in [2.75, 3.05) is 25.0 Å². The summed E-state index contributed by atoms with van der Waals surface area (Å²) in [5, 5.41) is 2.91. The molecule has 4 aromatic rings. The third-order valence-corrected chi connectivity index (χ3v) is 8.22. The first-order chi connectivity index (χ1) is 21.1. The van der Waals surface area contributed by atoms with Gasteiger partial charge in [-0.2, -0.15) is 0 Å². The summed E-state index contributed by atoms with van der Waals surface area (Å²) in [4.78, 5) is 27.9. The van der Waals surface area contributed by atoms with E-state index in [0.29, 0.717) is 18.7 Å². The zero-order valence-corrected chi connectivity index (χ0v) is 25.2. The molecule has 44 heavy (non-hydrogen) atoms. The highest BCUT2D eigenvalue weighted by Gasteiger charge is 2.26. The second kappa shape index (κ2) is 15.0. The first-order valence-corrected chi connectivity index (χ1v) is 15.4. The maximum Gasteiger partial charge on any atom is 0.261 e. The van der Waals surface area contributed by atoms with Crippen LogP contribution in [0.15, 0.2) is 108 Å². The number of carbonyl (C=O) groups excluding carboxylic acids is 2. The first kappa shape index (κ1) is 32.0. The summed E-state index contributed by atoms with van der Waals surface area (Å²) in [6, 6.07) is 26.6. The minimum Gasteiger partial charge on any atom is -0.497 e. The maximum atomic E-state index is 13.4. The Morgan fingerprint density at radius 2 is 1.48 bits per heavy atom. The Labute approximate surface area is 256 Å². The van der Waals surface area contributed by atoms with Crippen LogP contribution < -0.4 is 19.5 Å². The number of anilines is 1. The number of hydrogen-bond acceptors (Lipinski definition) is 6. The van der Waals surface area contributed by atoms with E-state index in [0.717, 1.165) is 23.3 Å². The molecule has 2 N–H and O–H groups in total. The molecule has 0 bridgehead atoms. The van der Waals surface area contributed by atoms with Crippen molar-refractivity contribution in [1.29, 1.82) is 0 Å². The van der Waals surface area contributed by atoms with E-state index >= 15 is 0 Å². The van der Waals surface area contributed by atoms with Crippen LogP contribution >= 0.6 is 0 Å². The Kier molecular flexibility index (Phi) is 10.9. The highest BCUT2D eigenvalue weighted by atomic mass is 32.2. The second-order valence-corrected chi connectivity index (χ2v) is 11.6. The molecule has 0 saturated heterocycles. The van der Waals surface area contributed by atoms with Crippen molar-refractivity contribution in [3.63, 3.8) is 0 Å². The van der Waals surface area contributed by atoms with Crippen LogP contribution in [-0.2, 0) is 32.6 Å². The Morgan fingerprint density at radius 1 is 0.841 bits per heavy atom. The van der Waals surface area contributed by atoms with Gasteiger partial charge in [-0.15, -0.1) is 0 Å². The fourth-order valence-corrected chi connectivity index (χ4v) is 5.37. The number of carbonyl (C=O) groups is 2. The quantitative estimate of drug-likeness (QED) is 0.210. The molecule has 0 radical (unpaired) electrons. The summed E-state index contributed by atoms with van der Waals surface area (Å²) in [7, 11) is -2.37. The fourth-order valence-electron chi connectivity index (χ4n) is 4.31. The van der Waals surface area contributed by atoms with Crippen LogP contribution in [0.5, 0.6) is 11.5 Å². The Morgan fingerprint density at radius 3 is 2.11 bits per heavy atom. The number of methoxy groups -OCH3 is 1. The summed E-state index contributed by atoms with van der Waals surface area (Å²) in [5.41, 5.74) is 2.10. The van der Waals surface area contributed by atoms with E-state index in [4.69, 9.17) is 9.47 Å². The number of hydrogen-bond donors (Lipinski definition) is 2. The minimum atomic E-state index is -3.93. The molecule has 230 valence electrons. The predicted molar refractivity (Wildman–Crippen MR) is 165 cm³/mol. The van der Waals surface area contributed by atoms with E-state index in [-0.39, 0.29) is 35.4 Å². The average molecular weight is 620 g/mol. The molecule has 0 heterocycles. The molecule has 1 atom stereocenters. The van der Waals surface area contributed by atoms with Gasteiger partial charge in [-0.05, 0) is 85.1 Å². The molecular formula is C33H34FN3O6S. The van der Waals surface area contributed by atoms with Crippen molar-refractivity contribution < 1.29 is 31.9 Å². The van der Waals surface area contributed by atoms with Crippen LogP contribution in [0.25, 0.3) is 0 Å². The van der Waals surface area contributed by atoms with E-state index in [2.05, 4.69) is 10.0 Å². The van der Waals surface area contributed by atoms with Crippen LogP contribution in [0.1, 0.15) is 18.1 Å². The lowest BCUT2D eigenvalue weighted by molar-refractivity contribution is -0.142. The lowest BCUT2D eigenvalue weighted by Gasteiger charge is -2.29. The summed E-state index contributed by atoms with van der Waals surface area (Å²) < 4.78 is 51.9. The normalized spacial score (nSPS) is 11.7. The van der Waals surface area contributed by atoms with Gasteiger partial charge in [-0.25, -0.2) is 12.8 Å². The van der Waals surface area contributed by atoms with E-state index in [9.17, 15) is 22.4 Å². The van der Waals surface area contributed by atoms with Crippen LogP contribution in [0.4, 0.5) is 10.1 Å². The van der Waals surface area contributed by atoms with Gasteiger partial charge >= 0.3 is 0 Å². The summed E-state index contributed by atoms with van der Waals surface area (Å²) in [5.74, 6) is -0.278. The average Bonchev–Trinajstić information content (AvgIpc) is 3.04. The molecule has 11 heteroatoms. The summed E-state index contributed by atoms with van der Waals surface area (Å²) in [6.45, 7) is 1.86. The zero-order valence-electron chi connectivity index (χ0n) is 24.4. The predicted octanol–water partition coefficient (Wildman–Crippen LogP) is 4.79. The van der Waals surface area contributed by atoms with E-state index < -0.39 is 27.8 Å². The van der Waals surface area contributed by atoms with Gasteiger partial charge in [0.15, 0.2) is 6.61 Å². The first-order valence-electron chi connectivity index (χ1n) is 13.9. The topological polar surface area (TPSA) is 114 Å². The molecular weight excluding hydrogens is 585 g/mol. The van der Waals surface area contributed by atoms with Gasteiger partial charge in [0.2, 0.25) is 5.91 Å². The fraction of sp³-hybridized carbons (Fsp3) is 0.212. The number of sulfonamides is 1. The molecule has 0 aliphatic carbocycles. The Bertz CT molecular complexity index is 1630. The molecule has 0 unspecified atom stereocenters. The zero-order chi connectivity index (χ0) is 31.5. The molecule has 0 aliphatic heterocycles. The van der Waals surface area contributed by atoms with Gasteiger partial charge in [0.25, 0.3) is 15.9 Å². The van der Waals surface area contributed by atoms with Crippen LogP contribution in [-0.4, -0.2) is 51.4 Å². The van der Waals surface area contributed by atoms with Crippen LogP contribution in [0.3, 0.4) is 0 Å². The number of halogens is 1. The van der Waals surface area contributed by atoms with Gasteiger partial charge in [-0.3, -0.25) is 14.3 Å². The van der Waals surface area contributed by atoms with Crippen molar-refractivity contribution in [3.05, 3.63) is 120 Å². The van der Waals surface area contributed by atoms with Gasteiger partial charge < -0.3 is 19.7 Å². The molecule has 4 aromatic carbocycles. The third kappa shape index (κ3) is 9.05. The lowest BCUT2D eigenvalue weighted by atomic mass is 10.1.